The van der Waals surface area contributed by atoms with Gasteiger partial charge in [0.15, 0.2) is 0 Å². The van der Waals surface area contributed by atoms with E-state index in [1.807, 2.05) is 30.5 Å². The van der Waals surface area contributed by atoms with E-state index in [9.17, 15) is 8.42 Å². The number of benzene rings is 1. The third-order valence-electron chi connectivity index (χ3n) is 2.85. The van der Waals surface area contributed by atoms with Gasteiger partial charge in [-0.15, -0.1) is 0 Å². The van der Waals surface area contributed by atoms with Gasteiger partial charge in [0.1, 0.15) is 0 Å². The molecule has 0 unspecified atom stereocenters. The molecule has 0 aliphatic heterocycles. The highest BCUT2D eigenvalue weighted by Crippen LogP contribution is 2.16. The van der Waals surface area contributed by atoms with Gasteiger partial charge >= 0.3 is 0 Å². The number of sulfonamides is 1. The zero-order valence-corrected chi connectivity index (χ0v) is 11.0. The third kappa shape index (κ3) is 3.10. The first-order valence-corrected chi connectivity index (χ1v) is 7.44. The smallest absolute Gasteiger partial charge is 0.212 e. The molecule has 3 N–H and O–H groups in total. The lowest BCUT2D eigenvalue weighted by atomic mass is 10.1. The summed E-state index contributed by atoms with van der Waals surface area (Å²) in [6.45, 7) is 1.08. The molecule has 98 valence electrons. The summed E-state index contributed by atoms with van der Waals surface area (Å²) in [5, 5.41) is 4.30. The van der Waals surface area contributed by atoms with Crippen molar-refractivity contribution in [3.8, 4) is 0 Å². The van der Waals surface area contributed by atoms with Crippen molar-refractivity contribution >= 4 is 20.9 Å². The minimum atomic E-state index is -3.13. The molecule has 6 heteroatoms. The molecule has 2 aromatic rings. The molecule has 0 aliphatic rings. The van der Waals surface area contributed by atoms with Gasteiger partial charge in [-0.3, -0.25) is 0 Å². The number of nitrogens with one attached hydrogen (secondary N) is 3. The Morgan fingerprint density at radius 2 is 2.11 bits per heavy atom. The molecule has 2 rings (SSSR count). The van der Waals surface area contributed by atoms with E-state index in [1.165, 1.54) is 7.05 Å². The molecule has 1 aromatic heterocycles. The number of rotatable bonds is 6. The van der Waals surface area contributed by atoms with Gasteiger partial charge in [0.25, 0.3) is 0 Å². The summed E-state index contributed by atoms with van der Waals surface area (Å²) in [4.78, 5) is 3.19. The zero-order valence-electron chi connectivity index (χ0n) is 10.2. The number of aromatic nitrogens is 1. The SMILES string of the molecule is CNS(=O)(=O)CCNCc1cccc2cc[nH]c12. The molecular formula is C12H17N3O2S. The predicted molar refractivity (Wildman–Crippen MR) is 72.9 cm³/mol. The lowest BCUT2D eigenvalue weighted by Crippen LogP contribution is -2.29. The van der Waals surface area contributed by atoms with Crippen molar-refractivity contribution in [3.63, 3.8) is 0 Å². The molecule has 0 spiro atoms. The Morgan fingerprint density at radius 1 is 1.28 bits per heavy atom. The van der Waals surface area contributed by atoms with E-state index < -0.39 is 10.0 Å². The van der Waals surface area contributed by atoms with E-state index in [2.05, 4.69) is 15.0 Å². The maximum Gasteiger partial charge on any atom is 0.212 e. The summed E-state index contributed by atoms with van der Waals surface area (Å²) in [5.41, 5.74) is 2.24. The largest absolute Gasteiger partial charge is 0.361 e. The zero-order chi connectivity index (χ0) is 13.0. The second-order valence-electron chi connectivity index (χ2n) is 4.06. The number of fused-ring (bicyclic) bond motifs is 1. The maximum atomic E-state index is 11.2. The van der Waals surface area contributed by atoms with Gasteiger partial charge in [-0.2, -0.15) is 0 Å². The van der Waals surface area contributed by atoms with Gasteiger partial charge in [0.2, 0.25) is 10.0 Å². The second-order valence-corrected chi connectivity index (χ2v) is 6.10. The molecule has 0 atom stereocenters. The van der Waals surface area contributed by atoms with E-state index >= 15 is 0 Å². The third-order valence-corrected chi connectivity index (χ3v) is 4.21. The number of hydrogen-bond acceptors (Lipinski definition) is 3. The summed E-state index contributed by atoms with van der Waals surface area (Å²) in [7, 11) is -1.70. The van der Waals surface area contributed by atoms with Crippen LogP contribution >= 0.6 is 0 Å². The fourth-order valence-electron chi connectivity index (χ4n) is 1.83. The van der Waals surface area contributed by atoms with Crippen LogP contribution in [0.3, 0.4) is 0 Å². The van der Waals surface area contributed by atoms with Gasteiger partial charge in [-0.25, -0.2) is 13.1 Å². The molecule has 0 amide bonds. The van der Waals surface area contributed by atoms with Crippen molar-refractivity contribution in [2.45, 2.75) is 6.54 Å². The summed E-state index contributed by atoms with van der Waals surface area (Å²) < 4.78 is 24.7. The second kappa shape index (κ2) is 5.51. The standard InChI is InChI=1S/C12H17N3O2S/c1-13-18(16,17)8-7-14-9-11-4-2-3-10-5-6-15-12(10)11/h2-6,13-15H,7-9H2,1H3. The van der Waals surface area contributed by atoms with Crippen molar-refractivity contribution in [1.29, 1.82) is 0 Å². The van der Waals surface area contributed by atoms with E-state index in [0.717, 1.165) is 16.5 Å². The van der Waals surface area contributed by atoms with Crippen LogP contribution in [0.25, 0.3) is 10.9 Å². The highest BCUT2D eigenvalue weighted by atomic mass is 32.2. The molecule has 0 fully saturated rings. The van der Waals surface area contributed by atoms with Gasteiger partial charge in [-0.1, -0.05) is 18.2 Å². The van der Waals surface area contributed by atoms with Crippen LogP contribution in [-0.4, -0.2) is 32.7 Å². The van der Waals surface area contributed by atoms with Crippen LogP contribution in [0, 0.1) is 0 Å². The first-order valence-electron chi connectivity index (χ1n) is 5.79. The molecule has 1 aromatic carbocycles. The van der Waals surface area contributed by atoms with E-state index in [4.69, 9.17) is 0 Å². The Morgan fingerprint density at radius 3 is 2.89 bits per heavy atom. The molecule has 5 nitrogen and oxygen atoms in total. The Balaban J connectivity index is 1.93. The molecule has 18 heavy (non-hydrogen) atoms. The first-order chi connectivity index (χ1) is 8.62. The lowest BCUT2D eigenvalue weighted by Gasteiger charge is -2.06. The molecule has 0 aliphatic carbocycles. The van der Waals surface area contributed by atoms with Crippen LogP contribution in [0.2, 0.25) is 0 Å². The molecule has 0 radical (unpaired) electrons. The number of hydrogen-bond donors (Lipinski definition) is 3. The van der Waals surface area contributed by atoms with Crippen LogP contribution in [0.5, 0.6) is 0 Å². The van der Waals surface area contributed by atoms with Crippen molar-refractivity contribution < 1.29 is 8.42 Å². The summed E-state index contributed by atoms with van der Waals surface area (Å²) >= 11 is 0. The average Bonchev–Trinajstić information content (AvgIpc) is 2.83. The minimum absolute atomic E-state index is 0.0875. The van der Waals surface area contributed by atoms with Gasteiger partial charge in [0.05, 0.1) is 5.75 Å². The normalized spacial score (nSPS) is 12.1. The van der Waals surface area contributed by atoms with Crippen molar-refractivity contribution in [1.82, 2.24) is 15.0 Å². The number of H-pyrrole nitrogens is 1. The minimum Gasteiger partial charge on any atom is -0.361 e. The van der Waals surface area contributed by atoms with Gasteiger partial charge in [0, 0.05) is 24.8 Å². The fourth-order valence-corrected chi connectivity index (χ4v) is 2.45. The Bertz CT molecular complexity index is 619. The maximum absolute atomic E-state index is 11.2. The molecular weight excluding hydrogens is 250 g/mol. The van der Waals surface area contributed by atoms with Crippen molar-refractivity contribution in [2.75, 3.05) is 19.3 Å². The van der Waals surface area contributed by atoms with Crippen LogP contribution in [0.15, 0.2) is 30.5 Å². The van der Waals surface area contributed by atoms with Crippen LogP contribution in [-0.2, 0) is 16.6 Å². The Labute approximate surface area is 107 Å². The van der Waals surface area contributed by atoms with Gasteiger partial charge < -0.3 is 10.3 Å². The van der Waals surface area contributed by atoms with Crippen LogP contribution in [0.4, 0.5) is 0 Å². The summed E-state index contributed by atoms with van der Waals surface area (Å²) in [5.74, 6) is 0.0875. The van der Waals surface area contributed by atoms with E-state index in [0.29, 0.717) is 13.1 Å². The molecule has 1 heterocycles. The molecule has 0 saturated carbocycles. The topological polar surface area (TPSA) is 74.0 Å². The molecule has 0 bridgehead atoms. The Hall–Kier alpha value is -1.37. The number of para-hydroxylation sites is 1. The molecule has 0 saturated heterocycles. The van der Waals surface area contributed by atoms with Crippen LogP contribution < -0.4 is 10.0 Å². The van der Waals surface area contributed by atoms with Crippen molar-refractivity contribution in [2.24, 2.45) is 0 Å². The lowest BCUT2D eigenvalue weighted by molar-refractivity contribution is 0.583. The monoisotopic (exact) mass is 267 g/mol. The van der Waals surface area contributed by atoms with Crippen molar-refractivity contribution in [3.05, 3.63) is 36.0 Å². The number of aromatic amines is 1. The van der Waals surface area contributed by atoms with E-state index in [-0.39, 0.29) is 5.75 Å². The predicted octanol–water partition coefficient (Wildman–Crippen LogP) is 0.807. The van der Waals surface area contributed by atoms with E-state index in [1.54, 1.807) is 0 Å². The average molecular weight is 267 g/mol. The highest BCUT2D eigenvalue weighted by Gasteiger charge is 2.06. The summed E-state index contributed by atoms with van der Waals surface area (Å²) in [6.07, 6.45) is 1.90. The Kier molecular flexibility index (Phi) is 4.00. The first kappa shape index (κ1) is 13.1. The summed E-state index contributed by atoms with van der Waals surface area (Å²) in [6, 6.07) is 8.08. The quantitative estimate of drug-likeness (QED) is 0.678. The fraction of sp³-hybridized carbons (Fsp3) is 0.333. The van der Waals surface area contributed by atoms with Crippen LogP contribution in [0.1, 0.15) is 5.56 Å². The van der Waals surface area contributed by atoms with Gasteiger partial charge in [-0.05, 0) is 24.1 Å². The highest BCUT2D eigenvalue weighted by molar-refractivity contribution is 7.89.